The Morgan fingerprint density at radius 1 is 1.00 bits per heavy atom. The van der Waals surface area contributed by atoms with Gasteiger partial charge in [0.15, 0.2) is 11.5 Å². The number of nitrogens with one attached hydrogen (secondary N) is 3. The van der Waals surface area contributed by atoms with Crippen LogP contribution in [0.4, 0.5) is 10.5 Å². The lowest BCUT2D eigenvalue weighted by atomic mass is 9.88. The van der Waals surface area contributed by atoms with Crippen LogP contribution in [0.25, 0.3) is 0 Å². The molecule has 2 aromatic carbocycles. The lowest BCUT2D eigenvalue weighted by Gasteiger charge is -2.36. The number of hydrogen-bond acceptors (Lipinski definition) is 5. The SMILES string of the molecule is CCC(C)NC(=O)C(NC(=O)c1ccc2c(c1)OCO2)C1CCN(C(=O)Nc2ccc(C)cc2)CC1. The normalized spacial score (nSPS) is 16.7. The number of anilines is 1. The van der Waals surface area contributed by atoms with E-state index in [2.05, 4.69) is 16.0 Å². The summed E-state index contributed by atoms with van der Waals surface area (Å²) < 4.78 is 10.7. The number of carbonyl (C=O) groups excluding carboxylic acids is 3. The van der Waals surface area contributed by atoms with Crippen LogP contribution in [0.1, 0.15) is 49.0 Å². The first-order chi connectivity index (χ1) is 17.3. The molecule has 0 radical (unpaired) electrons. The molecule has 2 atom stereocenters. The average molecular weight is 495 g/mol. The van der Waals surface area contributed by atoms with Gasteiger partial charge in [0.05, 0.1) is 0 Å². The van der Waals surface area contributed by atoms with Crippen LogP contribution < -0.4 is 25.4 Å². The van der Waals surface area contributed by atoms with Gasteiger partial charge in [-0.15, -0.1) is 0 Å². The number of rotatable bonds is 7. The van der Waals surface area contributed by atoms with Crippen molar-refractivity contribution in [3.05, 3.63) is 53.6 Å². The second-order valence-electron chi connectivity index (χ2n) is 9.46. The summed E-state index contributed by atoms with van der Waals surface area (Å²) in [6.07, 6.45) is 1.98. The van der Waals surface area contributed by atoms with Crippen molar-refractivity contribution in [3.63, 3.8) is 0 Å². The molecule has 2 aromatic rings. The molecule has 4 amide bonds. The Kier molecular flexibility index (Phi) is 7.97. The zero-order valence-corrected chi connectivity index (χ0v) is 21.0. The molecule has 0 spiro atoms. The number of carbonyl (C=O) groups is 3. The highest BCUT2D eigenvalue weighted by Crippen LogP contribution is 2.32. The fourth-order valence-corrected chi connectivity index (χ4v) is 4.37. The summed E-state index contributed by atoms with van der Waals surface area (Å²) in [6, 6.07) is 11.7. The molecule has 3 N–H and O–H groups in total. The molecule has 0 aromatic heterocycles. The van der Waals surface area contributed by atoms with Gasteiger partial charge in [0.25, 0.3) is 5.91 Å². The number of benzene rings is 2. The van der Waals surface area contributed by atoms with E-state index in [-0.39, 0.29) is 36.6 Å². The highest BCUT2D eigenvalue weighted by Gasteiger charge is 2.34. The molecule has 1 fully saturated rings. The largest absolute Gasteiger partial charge is 0.454 e. The summed E-state index contributed by atoms with van der Waals surface area (Å²) in [5.74, 6) is 0.443. The molecule has 36 heavy (non-hydrogen) atoms. The predicted molar refractivity (Wildman–Crippen MR) is 136 cm³/mol. The summed E-state index contributed by atoms with van der Waals surface area (Å²) in [7, 11) is 0. The average Bonchev–Trinajstić information content (AvgIpc) is 3.36. The molecule has 0 saturated carbocycles. The van der Waals surface area contributed by atoms with E-state index < -0.39 is 6.04 Å². The Hall–Kier alpha value is -3.75. The van der Waals surface area contributed by atoms with Gasteiger partial charge in [-0.2, -0.15) is 0 Å². The Balaban J connectivity index is 1.40. The molecule has 2 aliphatic rings. The second kappa shape index (κ2) is 11.3. The van der Waals surface area contributed by atoms with Crippen LogP contribution in [-0.4, -0.2) is 54.7 Å². The molecule has 0 aliphatic carbocycles. The number of likely N-dealkylation sites (tertiary alicyclic amines) is 1. The van der Waals surface area contributed by atoms with Crippen molar-refractivity contribution in [2.75, 3.05) is 25.2 Å². The molecule has 0 bridgehead atoms. The lowest BCUT2D eigenvalue weighted by Crippen LogP contribution is -2.55. The van der Waals surface area contributed by atoms with Crippen LogP contribution in [0, 0.1) is 12.8 Å². The molecule has 4 rings (SSSR count). The highest BCUT2D eigenvalue weighted by atomic mass is 16.7. The number of amides is 4. The van der Waals surface area contributed by atoms with Gasteiger partial charge in [-0.1, -0.05) is 24.6 Å². The number of aryl methyl sites for hydroxylation is 1. The van der Waals surface area contributed by atoms with E-state index in [4.69, 9.17) is 9.47 Å². The molecule has 192 valence electrons. The Labute approximate surface area is 211 Å². The highest BCUT2D eigenvalue weighted by molar-refractivity contribution is 5.98. The zero-order chi connectivity index (χ0) is 25.7. The van der Waals surface area contributed by atoms with E-state index in [1.165, 1.54) is 0 Å². The number of fused-ring (bicyclic) bond motifs is 1. The number of urea groups is 1. The Morgan fingerprint density at radius 3 is 2.39 bits per heavy atom. The van der Waals surface area contributed by atoms with Crippen molar-refractivity contribution in [1.29, 1.82) is 0 Å². The third kappa shape index (κ3) is 6.08. The van der Waals surface area contributed by atoms with E-state index >= 15 is 0 Å². The minimum absolute atomic E-state index is 0.0113. The summed E-state index contributed by atoms with van der Waals surface area (Å²) in [6.45, 7) is 7.04. The van der Waals surface area contributed by atoms with E-state index in [0.29, 0.717) is 43.0 Å². The van der Waals surface area contributed by atoms with Crippen LogP contribution in [0.5, 0.6) is 11.5 Å². The van der Waals surface area contributed by atoms with Gasteiger partial charge in [-0.05, 0) is 69.4 Å². The number of ether oxygens (including phenoxy) is 2. The molecule has 1 saturated heterocycles. The second-order valence-corrected chi connectivity index (χ2v) is 9.46. The van der Waals surface area contributed by atoms with Crippen molar-refractivity contribution in [1.82, 2.24) is 15.5 Å². The fourth-order valence-electron chi connectivity index (χ4n) is 4.37. The smallest absolute Gasteiger partial charge is 0.321 e. The molecular formula is C27H34N4O5. The molecule has 2 unspecified atom stereocenters. The maximum atomic E-state index is 13.2. The molecular weight excluding hydrogens is 460 g/mol. The lowest BCUT2D eigenvalue weighted by molar-refractivity contribution is -0.125. The van der Waals surface area contributed by atoms with Crippen molar-refractivity contribution in [3.8, 4) is 11.5 Å². The predicted octanol–water partition coefficient (Wildman–Crippen LogP) is 3.68. The standard InChI is InChI=1S/C27H34N4O5/c1-4-18(3)28-26(33)24(30-25(32)20-7-10-22-23(15-20)36-16-35-22)19-11-13-31(14-12-19)27(34)29-21-8-5-17(2)6-9-21/h5-10,15,18-19,24H,4,11-14,16H2,1-3H3,(H,28,33)(H,29,34)(H,30,32). The van der Waals surface area contributed by atoms with Gasteiger partial charge in [0.2, 0.25) is 12.7 Å². The first-order valence-corrected chi connectivity index (χ1v) is 12.5. The molecule has 9 heteroatoms. The number of nitrogens with zero attached hydrogens (tertiary/aromatic N) is 1. The van der Waals surface area contributed by atoms with Crippen LogP contribution in [0.15, 0.2) is 42.5 Å². The number of piperidine rings is 1. The van der Waals surface area contributed by atoms with Crippen LogP contribution in [-0.2, 0) is 4.79 Å². The van der Waals surface area contributed by atoms with Gasteiger partial charge >= 0.3 is 6.03 Å². The Bertz CT molecular complexity index is 1100. The summed E-state index contributed by atoms with van der Waals surface area (Å²) in [5.41, 5.74) is 2.27. The summed E-state index contributed by atoms with van der Waals surface area (Å²) >= 11 is 0. The van der Waals surface area contributed by atoms with Gasteiger partial charge in [0.1, 0.15) is 6.04 Å². The van der Waals surface area contributed by atoms with Crippen molar-refractivity contribution >= 4 is 23.5 Å². The van der Waals surface area contributed by atoms with Gasteiger partial charge in [0, 0.05) is 30.4 Å². The van der Waals surface area contributed by atoms with E-state index in [1.807, 2.05) is 45.0 Å². The number of hydrogen-bond donors (Lipinski definition) is 3. The quantitative estimate of drug-likeness (QED) is 0.544. The third-order valence-corrected chi connectivity index (χ3v) is 6.81. The minimum Gasteiger partial charge on any atom is -0.454 e. The van der Waals surface area contributed by atoms with E-state index in [1.54, 1.807) is 23.1 Å². The first kappa shape index (κ1) is 25.3. The van der Waals surface area contributed by atoms with Gasteiger partial charge < -0.3 is 30.3 Å². The monoisotopic (exact) mass is 494 g/mol. The van der Waals surface area contributed by atoms with E-state index in [9.17, 15) is 14.4 Å². The first-order valence-electron chi connectivity index (χ1n) is 12.5. The van der Waals surface area contributed by atoms with Crippen LogP contribution >= 0.6 is 0 Å². The van der Waals surface area contributed by atoms with Gasteiger partial charge in [-0.3, -0.25) is 9.59 Å². The summed E-state index contributed by atoms with van der Waals surface area (Å²) in [5, 5.41) is 8.88. The summed E-state index contributed by atoms with van der Waals surface area (Å²) in [4.78, 5) is 40.8. The Morgan fingerprint density at radius 2 is 1.69 bits per heavy atom. The minimum atomic E-state index is -0.709. The topological polar surface area (TPSA) is 109 Å². The van der Waals surface area contributed by atoms with Gasteiger partial charge in [-0.25, -0.2) is 4.79 Å². The molecule has 9 nitrogen and oxygen atoms in total. The molecule has 2 aliphatic heterocycles. The van der Waals surface area contributed by atoms with E-state index in [0.717, 1.165) is 17.7 Å². The zero-order valence-electron chi connectivity index (χ0n) is 21.0. The maximum Gasteiger partial charge on any atom is 0.321 e. The maximum absolute atomic E-state index is 13.2. The van der Waals surface area contributed by atoms with Crippen molar-refractivity contribution in [2.24, 2.45) is 5.92 Å². The fraction of sp³-hybridized carbons (Fsp3) is 0.444. The van der Waals surface area contributed by atoms with Crippen LogP contribution in [0.2, 0.25) is 0 Å². The van der Waals surface area contributed by atoms with Crippen LogP contribution in [0.3, 0.4) is 0 Å². The van der Waals surface area contributed by atoms with Crippen molar-refractivity contribution < 1.29 is 23.9 Å². The molecule has 2 heterocycles. The third-order valence-electron chi connectivity index (χ3n) is 6.81. The van der Waals surface area contributed by atoms with Crippen molar-refractivity contribution in [2.45, 2.75) is 52.1 Å².